The first-order valence-electron chi connectivity index (χ1n) is 7.84. The summed E-state index contributed by atoms with van der Waals surface area (Å²) in [5.41, 5.74) is 0. The molecule has 2 rings (SSSR count). The van der Waals surface area contributed by atoms with E-state index >= 15 is 0 Å². The maximum Gasteiger partial charge on any atom is 0.306 e. The highest BCUT2D eigenvalue weighted by atomic mass is 19.1. The number of nitrogens with zero attached hydrogens (tertiary/aromatic N) is 1. The Morgan fingerprint density at radius 1 is 1.30 bits per heavy atom. The lowest BCUT2D eigenvalue weighted by molar-refractivity contribution is -0.141. The van der Waals surface area contributed by atoms with Crippen molar-refractivity contribution in [2.45, 2.75) is 25.7 Å². The standard InChI is InChI=1S/C17H22FNO4/c1-19(16(20)12-7-8-13(11-12)17(21)22)9-4-10-23-15-6-3-2-5-14(15)18/h2-3,5-6,12-13H,4,7-11H2,1H3,(H,21,22)/t12-,13+/m0/s1. The van der Waals surface area contributed by atoms with Crippen LogP contribution < -0.4 is 4.74 Å². The summed E-state index contributed by atoms with van der Waals surface area (Å²) in [7, 11) is 1.71. The summed E-state index contributed by atoms with van der Waals surface area (Å²) in [5.74, 6) is -1.62. The fraction of sp³-hybridized carbons (Fsp3) is 0.529. The Morgan fingerprint density at radius 3 is 2.65 bits per heavy atom. The molecule has 2 atom stereocenters. The number of hydrogen-bond acceptors (Lipinski definition) is 3. The lowest BCUT2D eigenvalue weighted by atomic mass is 10.0. The third-order valence-electron chi connectivity index (χ3n) is 4.24. The first-order chi connectivity index (χ1) is 11.0. The summed E-state index contributed by atoms with van der Waals surface area (Å²) in [6.07, 6.45) is 2.21. The Bertz CT molecular complexity index is 563. The number of carboxylic acid groups (broad SMARTS) is 1. The van der Waals surface area contributed by atoms with Crippen LogP contribution in [0, 0.1) is 17.7 Å². The van der Waals surface area contributed by atoms with Crippen LogP contribution in [0.1, 0.15) is 25.7 Å². The Hall–Kier alpha value is -2.11. The molecule has 6 heteroatoms. The molecule has 0 aromatic heterocycles. The molecular weight excluding hydrogens is 301 g/mol. The molecule has 5 nitrogen and oxygen atoms in total. The van der Waals surface area contributed by atoms with E-state index in [4.69, 9.17) is 9.84 Å². The van der Waals surface area contributed by atoms with Gasteiger partial charge in [0.25, 0.3) is 0 Å². The number of carbonyl (C=O) groups excluding carboxylic acids is 1. The van der Waals surface area contributed by atoms with Crippen molar-refractivity contribution in [1.29, 1.82) is 0 Å². The SMILES string of the molecule is CN(CCCOc1ccccc1F)C(=O)[C@H]1CC[C@@H](C(=O)O)C1. The minimum atomic E-state index is -0.818. The monoisotopic (exact) mass is 323 g/mol. The molecule has 0 saturated heterocycles. The maximum atomic E-state index is 13.4. The average molecular weight is 323 g/mol. The van der Waals surface area contributed by atoms with Crippen LogP contribution in [0.25, 0.3) is 0 Å². The van der Waals surface area contributed by atoms with E-state index in [1.807, 2.05) is 0 Å². The quantitative estimate of drug-likeness (QED) is 0.783. The molecule has 0 radical (unpaired) electrons. The zero-order chi connectivity index (χ0) is 16.8. The Labute approximate surface area is 135 Å². The van der Waals surface area contributed by atoms with Gasteiger partial charge in [-0.15, -0.1) is 0 Å². The van der Waals surface area contributed by atoms with Crippen molar-refractivity contribution >= 4 is 11.9 Å². The number of benzene rings is 1. The van der Waals surface area contributed by atoms with Gasteiger partial charge in [0.2, 0.25) is 5.91 Å². The number of hydrogen-bond donors (Lipinski definition) is 1. The molecule has 0 unspecified atom stereocenters. The van der Waals surface area contributed by atoms with Crippen molar-refractivity contribution in [3.63, 3.8) is 0 Å². The van der Waals surface area contributed by atoms with Crippen molar-refractivity contribution in [2.24, 2.45) is 11.8 Å². The van der Waals surface area contributed by atoms with E-state index in [1.165, 1.54) is 6.07 Å². The highest BCUT2D eigenvalue weighted by molar-refractivity contribution is 5.80. The van der Waals surface area contributed by atoms with Crippen molar-refractivity contribution in [3.05, 3.63) is 30.1 Å². The van der Waals surface area contributed by atoms with Gasteiger partial charge >= 0.3 is 5.97 Å². The number of rotatable bonds is 7. The second kappa shape index (κ2) is 7.94. The smallest absolute Gasteiger partial charge is 0.306 e. The first kappa shape index (κ1) is 17.2. The molecule has 0 bridgehead atoms. The van der Waals surface area contributed by atoms with Crippen LogP contribution in [0.5, 0.6) is 5.75 Å². The van der Waals surface area contributed by atoms with Crippen molar-refractivity contribution < 1.29 is 23.8 Å². The Balaban J connectivity index is 1.70. The van der Waals surface area contributed by atoms with Gasteiger partial charge in [0, 0.05) is 19.5 Å². The average Bonchev–Trinajstić information content (AvgIpc) is 3.02. The van der Waals surface area contributed by atoms with Gasteiger partial charge in [0.15, 0.2) is 11.6 Å². The summed E-state index contributed by atoms with van der Waals surface area (Å²) in [4.78, 5) is 24.8. The van der Waals surface area contributed by atoms with Gasteiger partial charge in [-0.3, -0.25) is 9.59 Å². The summed E-state index contributed by atoms with van der Waals surface area (Å²) < 4.78 is 18.7. The minimum Gasteiger partial charge on any atom is -0.490 e. The molecule has 0 spiro atoms. The summed E-state index contributed by atoms with van der Waals surface area (Å²) in [6, 6.07) is 6.20. The van der Waals surface area contributed by atoms with Crippen LogP contribution in [0.3, 0.4) is 0 Å². The fourth-order valence-corrected chi connectivity index (χ4v) is 2.90. The van der Waals surface area contributed by atoms with Gasteiger partial charge in [0.05, 0.1) is 12.5 Å². The number of carboxylic acids is 1. The van der Waals surface area contributed by atoms with Gasteiger partial charge in [-0.05, 0) is 37.8 Å². The molecular formula is C17H22FNO4. The van der Waals surface area contributed by atoms with Gasteiger partial charge in [-0.2, -0.15) is 0 Å². The minimum absolute atomic E-state index is 0.0142. The molecule has 1 amide bonds. The molecule has 126 valence electrons. The molecule has 1 aromatic rings. The van der Waals surface area contributed by atoms with Gasteiger partial charge in [0.1, 0.15) is 0 Å². The highest BCUT2D eigenvalue weighted by Gasteiger charge is 2.34. The summed E-state index contributed by atoms with van der Waals surface area (Å²) >= 11 is 0. The van der Waals surface area contributed by atoms with E-state index < -0.39 is 17.7 Å². The lowest BCUT2D eigenvalue weighted by Crippen LogP contribution is -2.33. The number of amides is 1. The van der Waals surface area contributed by atoms with E-state index in [-0.39, 0.29) is 17.6 Å². The maximum absolute atomic E-state index is 13.4. The zero-order valence-corrected chi connectivity index (χ0v) is 13.2. The Kier molecular flexibility index (Phi) is 5.96. The molecule has 1 N–H and O–H groups in total. The lowest BCUT2D eigenvalue weighted by Gasteiger charge is -2.21. The van der Waals surface area contributed by atoms with Crippen LogP contribution in [-0.4, -0.2) is 42.1 Å². The van der Waals surface area contributed by atoms with E-state index in [1.54, 1.807) is 30.1 Å². The van der Waals surface area contributed by atoms with Gasteiger partial charge < -0.3 is 14.7 Å². The van der Waals surface area contributed by atoms with Crippen LogP contribution in [0.15, 0.2) is 24.3 Å². The second-order valence-electron chi connectivity index (χ2n) is 5.94. The molecule has 0 aliphatic heterocycles. The third-order valence-corrected chi connectivity index (χ3v) is 4.24. The van der Waals surface area contributed by atoms with Crippen LogP contribution >= 0.6 is 0 Å². The summed E-state index contributed by atoms with van der Waals surface area (Å²) in [5, 5.41) is 8.98. The normalized spacial score (nSPS) is 20.3. The second-order valence-corrected chi connectivity index (χ2v) is 5.94. The molecule has 1 aliphatic carbocycles. The van der Waals surface area contributed by atoms with E-state index in [2.05, 4.69) is 0 Å². The fourth-order valence-electron chi connectivity index (χ4n) is 2.90. The highest BCUT2D eigenvalue weighted by Crippen LogP contribution is 2.32. The third kappa shape index (κ3) is 4.68. The van der Waals surface area contributed by atoms with E-state index in [0.717, 1.165) is 0 Å². The molecule has 23 heavy (non-hydrogen) atoms. The number of aliphatic carboxylic acids is 1. The van der Waals surface area contributed by atoms with Crippen LogP contribution in [0.4, 0.5) is 4.39 Å². The van der Waals surface area contributed by atoms with Gasteiger partial charge in [-0.1, -0.05) is 12.1 Å². The van der Waals surface area contributed by atoms with E-state index in [9.17, 15) is 14.0 Å². The Morgan fingerprint density at radius 2 is 2.00 bits per heavy atom. The summed E-state index contributed by atoms with van der Waals surface area (Å²) in [6.45, 7) is 0.822. The van der Waals surface area contributed by atoms with Crippen molar-refractivity contribution in [3.8, 4) is 5.75 Å². The number of carbonyl (C=O) groups is 2. The predicted octanol–water partition coefficient (Wildman–Crippen LogP) is 2.55. The number of ether oxygens (including phenoxy) is 1. The number of para-hydroxylation sites is 1. The first-order valence-corrected chi connectivity index (χ1v) is 7.84. The van der Waals surface area contributed by atoms with Crippen LogP contribution in [-0.2, 0) is 9.59 Å². The van der Waals surface area contributed by atoms with Crippen molar-refractivity contribution in [2.75, 3.05) is 20.2 Å². The van der Waals surface area contributed by atoms with Crippen molar-refractivity contribution in [1.82, 2.24) is 4.90 Å². The topological polar surface area (TPSA) is 66.8 Å². The molecule has 1 saturated carbocycles. The molecule has 1 aliphatic rings. The zero-order valence-electron chi connectivity index (χ0n) is 13.2. The largest absolute Gasteiger partial charge is 0.490 e. The van der Waals surface area contributed by atoms with Gasteiger partial charge in [-0.25, -0.2) is 4.39 Å². The number of halogens is 1. The predicted molar refractivity (Wildman–Crippen MR) is 82.6 cm³/mol. The molecule has 0 heterocycles. The molecule has 1 aromatic carbocycles. The van der Waals surface area contributed by atoms with E-state index in [0.29, 0.717) is 38.8 Å². The van der Waals surface area contributed by atoms with Crippen LogP contribution in [0.2, 0.25) is 0 Å². The molecule has 1 fully saturated rings.